The first-order valence-corrected chi connectivity index (χ1v) is 11.4. The van der Waals surface area contributed by atoms with Crippen molar-refractivity contribution in [2.45, 2.75) is 64.8 Å². The number of carbonyl (C=O) groups excluding carboxylic acids is 2. The van der Waals surface area contributed by atoms with Crippen molar-refractivity contribution in [1.29, 1.82) is 0 Å². The first kappa shape index (κ1) is 20.2. The number of aryl methyl sites for hydroxylation is 1. The van der Waals surface area contributed by atoms with Crippen LogP contribution >= 0.6 is 0 Å². The number of piperazine rings is 1. The fourth-order valence-electron chi connectivity index (χ4n) is 4.97. The molecule has 4 rings (SSSR count). The molecule has 1 saturated heterocycles. The minimum absolute atomic E-state index is 0.0898. The molecule has 0 bridgehead atoms. The van der Waals surface area contributed by atoms with E-state index in [1.54, 1.807) is 0 Å². The molecule has 1 N–H and O–H groups in total. The first-order chi connectivity index (χ1) is 14.0. The lowest BCUT2D eigenvalue weighted by atomic mass is 10.1. The Labute approximate surface area is 174 Å². The van der Waals surface area contributed by atoms with Crippen molar-refractivity contribution in [3.63, 3.8) is 0 Å². The maximum atomic E-state index is 12.9. The van der Waals surface area contributed by atoms with E-state index in [1.807, 2.05) is 4.90 Å². The van der Waals surface area contributed by atoms with E-state index in [0.29, 0.717) is 6.04 Å². The molecule has 0 radical (unpaired) electrons. The minimum atomic E-state index is -0.0946. The van der Waals surface area contributed by atoms with Crippen molar-refractivity contribution in [2.75, 3.05) is 31.1 Å². The zero-order valence-electron chi connectivity index (χ0n) is 18.0. The molecule has 158 valence electrons. The van der Waals surface area contributed by atoms with Crippen LogP contribution in [-0.2, 0) is 9.59 Å². The van der Waals surface area contributed by atoms with Gasteiger partial charge in [0.15, 0.2) is 0 Å². The van der Waals surface area contributed by atoms with Gasteiger partial charge in [-0.1, -0.05) is 37.8 Å². The van der Waals surface area contributed by atoms with E-state index in [2.05, 4.69) is 42.3 Å². The van der Waals surface area contributed by atoms with Gasteiger partial charge in [-0.2, -0.15) is 0 Å². The number of anilines is 1. The molecule has 5 nitrogen and oxygen atoms in total. The van der Waals surface area contributed by atoms with E-state index in [9.17, 15) is 9.59 Å². The van der Waals surface area contributed by atoms with Crippen LogP contribution in [-0.4, -0.2) is 48.9 Å². The van der Waals surface area contributed by atoms with Gasteiger partial charge in [0.2, 0.25) is 11.8 Å². The highest BCUT2D eigenvalue weighted by molar-refractivity contribution is 5.92. The predicted octanol–water partition coefficient (Wildman–Crippen LogP) is 3.43. The van der Waals surface area contributed by atoms with Crippen molar-refractivity contribution in [1.82, 2.24) is 10.2 Å². The van der Waals surface area contributed by atoms with Gasteiger partial charge in [0.25, 0.3) is 0 Å². The molecule has 1 aromatic rings. The maximum absolute atomic E-state index is 12.9. The maximum Gasteiger partial charge on any atom is 0.226 e. The van der Waals surface area contributed by atoms with Crippen LogP contribution in [0.2, 0.25) is 0 Å². The standard InChI is InChI=1S/C24H35N3O2/c1-17-8-7-11-22(18(17)2)26-12-14-27(15-13-26)24(29)21-16-20(21)23(28)25-19-9-5-3-4-6-10-19/h7-8,11,19-21H,3-6,9-10,12-16H2,1-2H3,(H,25,28). The Morgan fingerprint density at radius 3 is 2.31 bits per heavy atom. The normalized spacial score (nSPS) is 25.4. The minimum Gasteiger partial charge on any atom is -0.368 e. The molecular weight excluding hydrogens is 362 g/mol. The van der Waals surface area contributed by atoms with Gasteiger partial charge in [0, 0.05) is 37.9 Å². The summed E-state index contributed by atoms with van der Waals surface area (Å²) >= 11 is 0. The third-order valence-corrected chi connectivity index (χ3v) is 7.15. The highest BCUT2D eigenvalue weighted by Crippen LogP contribution is 2.40. The zero-order chi connectivity index (χ0) is 20.4. The molecule has 0 spiro atoms. The Morgan fingerprint density at radius 1 is 0.931 bits per heavy atom. The quantitative estimate of drug-likeness (QED) is 0.792. The molecule has 29 heavy (non-hydrogen) atoms. The SMILES string of the molecule is Cc1cccc(N2CCN(C(=O)C3CC3C(=O)NC3CCCCCC3)CC2)c1C. The summed E-state index contributed by atoms with van der Waals surface area (Å²) in [5.74, 6) is 0.117. The Morgan fingerprint density at radius 2 is 1.62 bits per heavy atom. The van der Waals surface area contributed by atoms with Gasteiger partial charge in [-0.15, -0.1) is 0 Å². The summed E-state index contributed by atoms with van der Waals surface area (Å²) in [6.45, 7) is 7.54. The van der Waals surface area contributed by atoms with Crippen molar-refractivity contribution in [3.05, 3.63) is 29.3 Å². The molecular formula is C24H35N3O2. The fraction of sp³-hybridized carbons (Fsp3) is 0.667. The summed E-state index contributed by atoms with van der Waals surface area (Å²) in [6.07, 6.45) is 7.91. The molecule has 2 unspecified atom stereocenters. The van der Waals surface area contributed by atoms with E-state index in [1.165, 1.54) is 42.5 Å². The highest BCUT2D eigenvalue weighted by Gasteiger charge is 2.50. The topological polar surface area (TPSA) is 52.7 Å². The lowest BCUT2D eigenvalue weighted by Gasteiger charge is -2.37. The summed E-state index contributed by atoms with van der Waals surface area (Å²) in [4.78, 5) is 29.9. The van der Waals surface area contributed by atoms with Gasteiger partial charge in [-0.25, -0.2) is 0 Å². The smallest absolute Gasteiger partial charge is 0.226 e. The van der Waals surface area contributed by atoms with Crippen LogP contribution in [0.1, 0.15) is 56.1 Å². The number of hydrogen-bond acceptors (Lipinski definition) is 3. The van der Waals surface area contributed by atoms with Crippen LogP contribution < -0.4 is 10.2 Å². The summed E-state index contributed by atoms with van der Waals surface area (Å²) in [7, 11) is 0. The highest BCUT2D eigenvalue weighted by atomic mass is 16.2. The van der Waals surface area contributed by atoms with Crippen LogP contribution in [0.25, 0.3) is 0 Å². The summed E-state index contributed by atoms with van der Waals surface area (Å²) < 4.78 is 0. The number of amides is 2. The van der Waals surface area contributed by atoms with Crippen molar-refractivity contribution in [2.24, 2.45) is 11.8 Å². The van der Waals surface area contributed by atoms with Gasteiger partial charge in [-0.05, 0) is 50.3 Å². The van der Waals surface area contributed by atoms with E-state index in [0.717, 1.165) is 45.4 Å². The summed E-state index contributed by atoms with van der Waals surface area (Å²) in [6, 6.07) is 6.75. The first-order valence-electron chi connectivity index (χ1n) is 11.4. The van der Waals surface area contributed by atoms with Crippen LogP contribution in [0.3, 0.4) is 0 Å². The average molecular weight is 398 g/mol. The van der Waals surface area contributed by atoms with Gasteiger partial charge in [-0.3, -0.25) is 9.59 Å². The van der Waals surface area contributed by atoms with Crippen LogP contribution in [0.5, 0.6) is 0 Å². The van der Waals surface area contributed by atoms with Crippen molar-refractivity contribution >= 4 is 17.5 Å². The van der Waals surface area contributed by atoms with Crippen LogP contribution in [0.4, 0.5) is 5.69 Å². The lowest BCUT2D eigenvalue weighted by Crippen LogP contribution is -2.49. The number of rotatable bonds is 4. The molecule has 2 atom stereocenters. The van der Waals surface area contributed by atoms with E-state index in [-0.39, 0.29) is 23.7 Å². The second kappa shape index (κ2) is 8.76. The summed E-state index contributed by atoms with van der Waals surface area (Å²) in [5, 5.41) is 3.23. The number of nitrogens with zero attached hydrogens (tertiary/aromatic N) is 2. The Bertz CT molecular complexity index is 746. The second-order valence-electron chi connectivity index (χ2n) is 9.18. The fourth-order valence-corrected chi connectivity index (χ4v) is 4.97. The molecule has 0 aromatic heterocycles. The molecule has 2 amide bonds. The molecule has 2 aliphatic carbocycles. The lowest BCUT2D eigenvalue weighted by molar-refractivity contribution is -0.135. The summed E-state index contributed by atoms with van der Waals surface area (Å²) in [5.41, 5.74) is 3.91. The van der Waals surface area contributed by atoms with Gasteiger partial charge >= 0.3 is 0 Å². The monoisotopic (exact) mass is 397 g/mol. The number of hydrogen-bond donors (Lipinski definition) is 1. The number of benzene rings is 1. The number of nitrogens with one attached hydrogen (secondary N) is 1. The third kappa shape index (κ3) is 4.59. The average Bonchev–Trinajstić information content (AvgIpc) is 3.55. The zero-order valence-corrected chi connectivity index (χ0v) is 18.0. The second-order valence-corrected chi connectivity index (χ2v) is 9.18. The Balaban J connectivity index is 1.26. The Hall–Kier alpha value is -2.04. The number of carbonyl (C=O) groups is 2. The molecule has 2 saturated carbocycles. The molecule has 3 fully saturated rings. The van der Waals surface area contributed by atoms with Gasteiger partial charge in [0.1, 0.15) is 0 Å². The largest absolute Gasteiger partial charge is 0.368 e. The molecule has 5 heteroatoms. The molecule has 3 aliphatic rings. The van der Waals surface area contributed by atoms with Gasteiger partial charge < -0.3 is 15.1 Å². The van der Waals surface area contributed by atoms with Crippen molar-refractivity contribution < 1.29 is 9.59 Å². The molecule has 1 aliphatic heterocycles. The van der Waals surface area contributed by atoms with Gasteiger partial charge in [0.05, 0.1) is 11.8 Å². The predicted molar refractivity (Wildman–Crippen MR) is 116 cm³/mol. The third-order valence-electron chi connectivity index (χ3n) is 7.15. The Kier molecular flexibility index (Phi) is 6.12. The molecule has 1 aromatic carbocycles. The van der Waals surface area contributed by atoms with Crippen LogP contribution in [0.15, 0.2) is 18.2 Å². The van der Waals surface area contributed by atoms with E-state index < -0.39 is 0 Å². The van der Waals surface area contributed by atoms with E-state index in [4.69, 9.17) is 0 Å². The van der Waals surface area contributed by atoms with E-state index >= 15 is 0 Å². The molecule has 1 heterocycles. The van der Waals surface area contributed by atoms with Crippen molar-refractivity contribution in [3.8, 4) is 0 Å². The van der Waals surface area contributed by atoms with Crippen LogP contribution in [0, 0.1) is 25.7 Å².